The van der Waals surface area contributed by atoms with Gasteiger partial charge in [-0.1, -0.05) is 0 Å². The SMILES string of the molecule is CN1C(=O)c2ccc3c4c(ccc(c24)C1=O)C(=O)N(CC=O)C3=O. The predicted molar refractivity (Wildman–Crippen MR) is 81.8 cm³/mol. The Morgan fingerprint density at radius 3 is 1.50 bits per heavy atom. The van der Waals surface area contributed by atoms with Crippen molar-refractivity contribution < 1.29 is 24.0 Å². The van der Waals surface area contributed by atoms with E-state index in [1.165, 1.54) is 31.3 Å². The highest BCUT2D eigenvalue weighted by molar-refractivity contribution is 6.33. The third-order valence-corrected chi connectivity index (χ3v) is 4.44. The van der Waals surface area contributed by atoms with Gasteiger partial charge in [-0.3, -0.25) is 29.0 Å². The van der Waals surface area contributed by atoms with Crippen LogP contribution in [0.25, 0.3) is 10.8 Å². The molecule has 2 heterocycles. The Labute approximate surface area is 135 Å². The number of aldehydes is 1. The van der Waals surface area contributed by atoms with Crippen molar-refractivity contribution in [2.45, 2.75) is 0 Å². The van der Waals surface area contributed by atoms with E-state index in [-0.39, 0.29) is 28.8 Å². The Kier molecular flexibility index (Phi) is 2.72. The van der Waals surface area contributed by atoms with Gasteiger partial charge in [-0.2, -0.15) is 0 Å². The second-order valence-corrected chi connectivity index (χ2v) is 5.63. The van der Waals surface area contributed by atoms with E-state index in [9.17, 15) is 24.0 Å². The van der Waals surface area contributed by atoms with E-state index in [4.69, 9.17) is 0 Å². The Morgan fingerprint density at radius 2 is 1.12 bits per heavy atom. The maximum absolute atomic E-state index is 12.5. The van der Waals surface area contributed by atoms with Crippen LogP contribution in [-0.2, 0) is 4.79 Å². The van der Waals surface area contributed by atoms with Gasteiger partial charge in [0, 0.05) is 40.1 Å². The summed E-state index contributed by atoms with van der Waals surface area (Å²) in [7, 11) is 1.38. The van der Waals surface area contributed by atoms with Crippen molar-refractivity contribution in [2.75, 3.05) is 13.6 Å². The average Bonchev–Trinajstić information content (AvgIpc) is 2.59. The lowest BCUT2D eigenvalue weighted by atomic mass is 9.86. The van der Waals surface area contributed by atoms with Crippen LogP contribution >= 0.6 is 0 Å². The number of nitrogens with zero attached hydrogens (tertiary/aromatic N) is 2. The molecule has 4 rings (SSSR count). The van der Waals surface area contributed by atoms with Crippen LogP contribution in [0.3, 0.4) is 0 Å². The fraction of sp³-hybridized carbons (Fsp3) is 0.118. The zero-order valence-corrected chi connectivity index (χ0v) is 12.5. The van der Waals surface area contributed by atoms with Gasteiger partial charge in [0.1, 0.15) is 6.29 Å². The van der Waals surface area contributed by atoms with Gasteiger partial charge in [-0.25, -0.2) is 0 Å². The summed E-state index contributed by atoms with van der Waals surface area (Å²) in [4.78, 5) is 62.4. The number of benzene rings is 2. The van der Waals surface area contributed by atoms with Crippen LogP contribution in [-0.4, -0.2) is 53.3 Å². The Morgan fingerprint density at radius 1 is 0.750 bits per heavy atom. The van der Waals surface area contributed by atoms with Crippen molar-refractivity contribution in [3.63, 3.8) is 0 Å². The van der Waals surface area contributed by atoms with Gasteiger partial charge in [-0.15, -0.1) is 0 Å². The molecule has 0 saturated carbocycles. The molecule has 118 valence electrons. The molecule has 0 unspecified atom stereocenters. The number of rotatable bonds is 2. The van der Waals surface area contributed by atoms with E-state index >= 15 is 0 Å². The number of imide groups is 2. The standard InChI is InChI=1S/C17H10N2O5/c1-18-14(21)8-2-4-10-13-11(5-3-9(12(8)13)15(18)22)17(24)19(6-7-20)16(10)23/h2-5,7H,6H2,1H3. The van der Waals surface area contributed by atoms with Crippen LogP contribution < -0.4 is 0 Å². The average molecular weight is 322 g/mol. The summed E-state index contributed by atoms with van der Waals surface area (Å²) >= 11 is 0. The van der Waals surface area contributed by atoms with E-state index in [0.29, 0.717) is 17.1 Å². The molecular weight excluding hydrogens is 312 g/mol. The highest BCUT2D eigenvalue weighted by Gasteiger charge is 2.38. The van der Waals surface area contributed by atoms with Crippen LogP contribution in [0.15, 0.2) is 24.3 Å². The van der Waals surface area contributed by atoms with Crippen LogP contribution in [0, 0.1) is 0 Å². The number of carbonyl (C=O) groups is 5. The zero-order chi connectivity index (χ0) is 17.2. The van der Waals surface area contributed by atoms with Gasteiger partial charge in [0.05, 0.1) is 6.54 Å². The Balaban J connectivity index is 2.13. The van der Waals surface area contributed by atoms with Crippen molar-refractivity contribution >= 4 is 40.7 Å². The highest BCUT2D eigenvalue weighted by Crippen LogP contribution is 2.37. The number of hydrogen-bond donors (Lipinski definition) is 0. The lowest BCUT2D eigenvalue weighted by Gasteiger charge is -2.29. The van der Waals surface area contributed by atoms with Crippen molar-refractivity contribution in [1.82, 2.24) is 9.80 Å². The van der Waals surface area contributed by atoms with Gasteiger partial charge in [-0.05, 0) is 24.3 Å². The van der Waals surface area contributed by atoms with Gasteiger partial charge in [0.25, 0.3) is 23.6 Å². The molecule has 4 amide bonds. The van der Waals surface area contributed by atoms with E-state index < -0.39 is 23.6 Å². The summed E-state index contributed by atoms with van der Waals surface area (Å²) in [6.45, 7) is -0.345. The van der Waals surface area contributed by atoms with Gasteiger partial charge < -0.3 is 4.79 Å². The monoisotopic (exact) mass is 322 g/mol. The molecule has 2 aromatic rings. The maximum atomic E-state index is 12.5. The largest absolute Gasteiger partial charge is 0.301 e. The minimum absolute atomic E-state index is 0.206. The van der Waals surface area contributed by atoms with E-state index in [2.05, 4.69) is 0 Å². The fourth-order valence-electron chi connectivity index (χ4n) is 3.29. The normalized spacial score (nSPS) is 16.2. The second kappa shape index (κ2) is 4.58. The molecule has 0 saturated heterocycles. The molecule has 0 aliphatic carbocycles. The smallest absolute Gasteiger partial charge is 0.261 e. The van der Waals surface area contributed by atoms with Crippen molar-refractivity contribution in [3.05, 3.63) is 46.5 Å². The van der Waals surface area contributed by atoms with E-state index in [0.717, 1.165) is 9.80 Å². The molecule has 0 fully saturated rings. The first-order valence-corrected chi connectivity index (χ1v) is 7.19. The lowest BCUT2D eigenvalue weighted by molar-refractivity contribution is -0.108. The summed E-state index contributed by atoms with van der Waals surface area (Å²) in [5.74, 6) is -2.18. The van der Waals surface area contributed by atoms with Gasteiger partial charge in [0.15, 0.2) is 0 Å². The number of hydrogen-bond acceptors (Lipinski definition) is 5. The number of carbonyl (C=O) groups excluding carboxylic acids is 5. The summed E-state index contributed by atoms with van der Waals surface area (Å²) < 4.78 is 0. The first kappa shape index (κ1) is 14.3. The minimum Gasteiger partial charge on any atom is -0.301 e. The second-order valence-electron chi connectivity index (χ2n) is 5.63. The molecule has 24 heavy (non-hydrogen) atoms. The van der Waals surface area contributed by atoms with Crippen LogP contribution in [0.2, 0.25) is 0 Å². The molecule has 0 N–H and O–H groups in total. The summed E-state index contributed by atoms with van der Waals surface area (Å²) in [5.41, 5.74) is 0.962. The first-order chi connectivity index (χ1) is 11.5. The molecule has 0 atom stereocenters. The molecule has 7 nitrogen and oxygen atoms in total. The van der Waals surface area contributed by atoms with Crippen LogP contribution in [0.4, 0.5) is 0 Å². The Bertz CT molecular complexity index is 937. The van der Waals surface area contributed by atoms with Crippen molar-refractivity contribution in [3.8, 4) is 0 Å². The zero-order valence-electron chi connectivity index (χ0n) is 12.5. The third-order valence-electron chi connectivity index (χ3n) is 4.44. The van der Waals surface area contributed by atoms with Gasteiger partial charge in [0.2, 0.25) is 0 Å². The van der Waals surface area contributed by atoms with Crippen LogP contribution in [0.1, 0.15) is 41.4 Å². The molecule has 7 heteroatoms. The highest BCUT2D eigenvalue weighted by atomic mass is 16.2. The quantitative estimate of drug-likeness (QED) is 0.604. The summed E-state index contributed by atoms with van der Waals surface area (Å²) in [5, 5.41) is 0.627. The maximum Gasteiger partial charge on any atom is 0.261 e. The molecule has 0 spiro atoms. The topological polar surface area (TPSA) is 91.8 Å². The summed E-state index contributed by atoms with van der Waals surface area (Å²) in [6, 6.07) is 5.87. The summed E-state index contributed by atoms with van der Waals surface area (Å²) in [6.07, 6.45) is 0.478. The Hall–Kier alpha value is -3.35. The lowest BCUT2D eigenvalue weighted by Crippen LogP contribution is -2.42. The van der Waals surface area contributed by atoms with Crippen molar-refractivity contribution in [2.24, 2.45) is 0 Å². The molecular formula is C17H10N2O5. The third kappa shape index (κ3) is 1.53. The first-order valence-electron chi connectivity index (χ1n) is 7.19. The van der Waals surface area contributed by atoms with Crippen molar-refractivity contribution in [1.29, 1.82) is 0 Å². The fourth-order valence-corrected chi connectivity index (χ4v) is 3.29. The minimum atomic E-state index is -0.609. The molecule has 0 radical (unpaired) electrons. The molecule has 2 aliphatic rings. The van der Waals surface area contributed by atoms with Gasteiger partial charge >= 0.3 is 0 Å². The van der Waals surface area contributed by atoms with Crippen LogP contribution in [0.5, 0.6) is 0 Å². The number of amides is 4. The van der Waals surface area contributed by atoms with E-state index in [1.807, 2.05) is 0 Å². The van der Waals surface area contributed by atoms with E-state index in [1.54, 1.807) is 0 Å². The molecule has 2 aliphatic heterocycles. The molecule has 0 aromatic heterocycles. The molecule has 0 bridgehead atoms. The predicted octanol–water partition coefficient (Wildman–Crippen LogP) is 0.861. The molecule has 2 aromatic carbocycles.